The van der Waals surface area contributed by atoms with E-state index in [0.717, 1.165) is 11.5 Å². The molecule has 6 nitrogen and oxygen atoms in total. The van der Waals surface area contributed by atoms with Crippen molar-refractivity contribution in [2.45, 2.75) is 19.9 Å². The lowest BCUT2D eigenvalue weighted by Crippen LogP contribution is -2.19. The number of hydrogen-bond acceptors (Lipinski definition) is 6. The van der Waals surface area contributed by atoms with Gasteiger partial charge in [-0.3, -0.25) is 10.1 Å². The van der Waals surface area contributed by atoms with Crippen molar-refractivity contribution in [3.8, 4) is 11.5 Å². The number of hydrogen-bond donors (Lipinski definition) is 1. The van der Waals surface area contributed by atoms with Crippen molar-refractivity contribution in [2.75, 3.05) is 31.0 Å². The van der Waals surface area contributed by atoms with Crippen LogP contribution < -0.4 is 14.8 Å². The molecular formula is C13H20N2O4S. The highest BCUT2D eigenvalue weighted by atomic mass is 32.2. The van der Waals surface area contributed by atoms with Crippen LogP contribution in [-0.2, 0) is 0 Å². The molecule has 112 valence electrons. The highest BCUT2D eigenvalue weighted by Crippen LogP contribution is 2.37. The van der Waals surface area contributed by atoms with Gasteiger partial charge in [-0.05, 0) is 12.7 Å². The first-order valence-electron chi connectivity index (χ1n) is 6.28. The quantitative estimate of drug-likeness (QED) is 0.587. The Balaban J connectivity index is 3.06. The molecule has 0 fully saturated rings. The normalized spacial score (nSPS) is 11.8. The molecule has 1 N–H and O–H groups in total. The number of benzene rings is 1. The van der Waals surface area contributed by atoms with E-state index in [1.54, 1.807) is 17.8 Å². The van der Waals surface area contributed by atoms with Crippen molar-refractivity contribution in [1.29, 1.82) is 0 Å². The van der Waals surface area contributed by atoms with Crippen LogP contribution in [0.4, 0.5) is 11.4 Å². The molecule has 1 aromatic rings. The van der Waals surface area contributed by atoms with Crippen LogP contribution >= 0.6 is 11.8 Å². The Morgan fingerprint density at radius 2 is 1.95 bits per heavy atom. The van der Waals surface area contributed by atoms with Crippen molar-refractivity contribution in [3.63, 3.8) is 0 Å². The summed E-state index contributed by atoms with van der Waals surface area (Å²) >= 11 is 1.78. The van der Waals surface area contributed by atoms with E-state index in [2.05, 4.69) is 12.2 Å². The summed E-state index contributed by atoms with van der Waals surface area (Å²) in [6.45, 7) is 4.07. The number of rotatable bonds is 8. The van der Waals surface area contributed by atoms with Crippen molar-refractivity contribution < 1.29 is 14.4 Å². The van der Waals surface area contributed by atoms with Gasteiger partial charge in [0.15, 0.2) is 11.5 Å². The highest BCUT2D eigenvalue weighted by molar-refractivity contribution is 7.99. The number of nitro benzene ring substituents is 1. The molecule has 7 heteroatoms. The van der Waals surface area contributed by atoms with Gasteiger partial charge in [0, 0.05) is 17.9 Å². The summed E-state index contributed by atoms with van der Waals surface area (Å²) in [6, 6.07) is 3.10. The number of nitro groups is 1. The van der Waals surface area contributed by atoms with Crippen LogP contribution in [0.3, 0.4) is 0 Å². The predicted octanol–water partition coefficient (Wildman–Crippen LogP) is 3.17. The minimum Gasteiger partial charge on any atom is -0.493 e. The first-order chi connectivity index (χ1) is 9.53. The van der Waals surface area contributed by atoms with E-state index >= 15 is 0 Å². The second-order valence-corrected chi connectivity index (χ2v) is 5.51. The smallest absolute Gasteiger partial charge is 0.296 e. The van der Waals surface area contributed by atoms with Gasteiger partial charge >= 0.3 is 0 Å². The number of thioether (sulfide) groups is 1. The molecule has 1 atom stereocenters. The van der Waals surface area contributed by atoms with Gasteiger partial charge in [-0.25, -0.2) is 0 Å². The molecule has 0 aliphatic carbocycles. The lowest BCUT2D eigenvalue weighted by Gasteiger charge is -2.16. The van der Waals surface area contributed by atoms with E-state index in [0.29, 0.717) is 17.2 Å². The van der Waals surface area contributed by atoms with Crippen LogP contribution in [0.25, 0.3) is 0 Å². The van der Waals surface area contributed by atoms with Gasteiger partial charge in [0.2, 0.25) is 0 Å². The van der Waals surface area contributed by atoms with E-state index in [9.17, 15) is 10.1 Å². The molecule has 1 aromatic carbocycles. The monoisotopic (exact) mass is 300 g/mol. The first kappa shape index (κ1) is 16.4. The summed E-state index contributed by atoms with van der Waals surface area (Å²) in [5, 5.41) is 14.3. The molecule has 0 radical (unpaired) electrons. The molecular weight excluding hydrogens is 280 g/mol. The second kappa shape index (κ2) is 7.84. The maximum absolute atomic E-state index is 11.1. The minimum absolute atomic E-state index is 0.0176. The van der Waals surface area contributed by atoms with Crippen molar-refractivity contribution >= 4 is 23.1 Å². The summed E-state index contributed by atoms with van der Waals surface area (Å²) < 4.78 is 10.3. The summed E-state index contributed by atoms with van der Waals surface area (Å²) in [5.74, 6) is 2.71. The fraction of sp³-hybridized carbons (Fsp3) is 0.538. The molecule has 0 aliphatic rings. The average Bonchev–Trinajstić information content (AvgIpc) is 2.44. The minimum atomic E-state index is -0.427. The zero-order chi connectivity index (χ0) is 15.1. The summed E-state index contributed by atoms with van der Waals surface area (Å²) in [7, 11) is 2.96. The van der Waals surface area contributed by atoms with Crippen molar-refractivity contribution in [2.24, 2.45) is 0 Å². The summed E-state index contributed by atoms with van der Waals surface area (Å²) in [6.07, 6.45) is 0. The van der Waals surface area contributed by atoms with Gasteiger partial charge in [-0.15, -0.1) is 0 Å². The Bertz CT molecular complexity index is 468. The van der Waals surface area contributed by atoms with Crippen LogP contribution in [0.15, 0.2) is 12.1 Å². The highest BCUT2D eigenvalue weighted by Gasteiger charge is 2.20. The van der Waals surface area contributed by atoms with Crippen LogP contribution in [0.5, 0.6) is 11.5 Å². The van der Waals surface area contributed by atoms with E-state index in [4.69, 9.17) is 9.47 Å². The van der Waals surface area contributed by atoms with Crippen LogP contribution in [-0.4, -0.2) is 36.7 Å². The van der Waals surface area contributed by atoms with Gasteiger partial charge in [0.05, 0.1) is 25.2 Å². The number of nitrogens with one attached hydrogen (secondary N) is 1. The van der Waals surface area contributed by atoms with Gasteiger partial charge in [-0.1, -0.05) is 6.92 Å². The molecule has 0 spiro atoms. The largest absolute Gasteiger partial charge is 0.493 e. The zero-order valence-electron chi connectivity index (χ0n) is 12.1. The van der Waals surface area contributed by atoms with Gasteiger partial charge in [-0.2, -0.15) is 11.8 Å². The Kier molecular flexibility index (Phi) is 6.44. The second-order valence-electron chi connectivity index (χ2n) is 4.19. The molecule has 0 aromatic heterocycles. The average molecular weight is 300 g/mol. The SMILES string of the molecule is CCSCC(C)Nc1cc(OC)c(OC)cc1[N+](=O)[O-]. The first-order valence-corrected chi connectivity index (χ1v) is 7.43. The molecule has 20 heavy (non-hydrogen) atoms. The Labute approximate surface area is 123 Å². The fourth-order valence-electron chi connectivity index (χ4n) is 1.74. The van der Waals surface area contributed by atoms with Crippen LogP contribution in [0.2, 0.25) is 0 Å². The maximum atomic E-state index is 11.1. The third-order valence-electron chi connectivity index (χ3n) is 2.67. The molecule has 0 aliphatic heterocycles. The molecule has 0 bridgehead atoms. The van der Waals surface area contributed by atoms with Crippen LogP contribution in [0, 0.1) is 10.1 Å². The molecule has 0 saturated heterocycles. The standard InChI is InChI=1S/C13H20N2O4S/c1-5-20-8-9(2)14-10-6-12(18-3)13(19-4)7-11(10)15(16)17/h6-7,9,14H,5,8H2,1-4H3. The molecule has 0 saturated carbocycles. The number of methoxy groups -OCH3 is 2. The van der Waals surface area contributed by atoms with Crippen LogP contribution in [0.1, 0.15) is 13.8 Å². The number of ether oxygens (including phenoxy) is 2. The van der Waals surface area contributed by atoms with Gasteiger partial charge in [0.1, 0.15) is 5.69 Å². The van der Waals surface area contributed by atoms with E-state index in [1.807, 2.05) is 6.92 Å². The lowest BCUT2D eigenvalue weighted by molar-refractivity contribution is -0.384. The number of anilines is 1. The molecule has 0 heterocycles. The van der Waals surface area contributed by atoms with Gasteiger partial charge < -0.3 is 14.8 Å². The van der Waals surface area contributed by atoms with Crippen molar-refractivity contribution in [3.05, 3.63) is 22.2 Å². The van der Waals surface area contributed by atoms with Gasteiger partial charge in [0.25, 0.3) is 5.69 Å². The zero-order valence-corrected chi connectivity index (χ0v) is 13.0. The third kappa shape index (κ3) is 4.19. The van der Waals surface area contributed by atoms with E-state index < -0.39 is 4.92 Å². The van der Waals surface area contributed by atoms with E-state index in [1.165, 1.54) is 20.3 Å². The predicted molar refractivity (Wildman–Crippen MR) is 82.3 cm³/mol. The Morgan fingerprint density at radius 1 is 1.35 bits per heavy atom. The number of nitrogens with zero attached hydrogens (tertiary/aromatic N) is 1. The third-order valence-corrected chi connectivity index (χ3v) is 3.82. The molecule has 0 amide bonds. The topological polar surface area (TPSA) is 73.6 Å². The maximum Gasteiger partial charge on any atom is 0.296 e. The lowest BCUT2D eigenvalue weighted by atomic mass is 10.2. The summed E-state index contributed by atoms with van der Waals surface area (Å²) in [5.41, 5.74) is 0.424. The fourth-order valence-corrected chi connectivity index (χ4v) is 2.41. The molecule has 1 rings (SSSR count). The Hall–Kier alpha value is -1.63. The van der Waals surface area contributed by atoms with E-state index in [-0.39, 0.29) is 11.7 Å². The Morgan fingerprint density at radius 3 is 2.45 bits per heavy atom. The molecule has 1 unspecified atom stereocenters. The summed E-state index contributed by atoms with van der Waals surface area (Å²) in [4.78, 5) is 10.7. The van der Waals surface area contributed by atoms with Crippen molar-refractivity contribution in [1.82, 2.24) is 0 Å².